The van der Waals surface area contributed by atoms with Crippen LogP contribution in [0, 0.1) is 6.92 Å². The predicted octanol–water partition coefficient (Wildman–Crippen LogP) is 6.90. The molecule has 0 amide bonds. The third-order valence-electron chi connectivity index (χ3n) is 5.39. The Balaban J connectivity index is 1.93. The van der Waals surface area contributed by atoms with Gasteiger partial charge >= 0.3 is 0 Å². The first-order chi connectivity index (χ1) is 14.1. The molecule has 0 spiro atoms. The van der Waals surface area contributed by atoms with Crippen LogP contribution in [0.3, 0.4) is 0 Å². The fourth-order valence-corrected chi connectivity index (χ4v) is 4.18. The van der Waals surface area contributed by atoms with Gasteiger partial charge in [-0.3, -0.25) is 0 Å². The van der Waals surface area contributed by atoms with Gasteiger partial charge in [-0.05, 0) is 50.1 Å². The fourth-order valence-electron chi connectivity index (χ4n) is 3.92. The van der Waals surface area contributed by atoms with E-state index < -0.39 is 5.60 Å². The maximum atomic E-state index is 6.88. The SMILES string of the molecule is CCOCCC1=Cc2ccccc2OC1(c1ccc(C)cc1)c1ccc(Br)cc1. The summed E-state index contributed by atoms with van der Waals surface area (Å²) in [5, 5.41) is 0. The fraction of sp³-hybridized carbons (Fsp3) is 0.231. The average molecular weight is 449 g/mol. The van der Waals surface area contributed by atoms with E-state index in [2.05, 4.69) is 89.6 Å². The van der Waals surface area contributed by atoms with Crippen molar-refractivity contribution in [3.8, 4) is 5.75 Å². The number of ether oxygens (including phenoxy) is 2. The summed E-state index contributed by atoms with van der Waals surface area (Å²) in [5.41, 5.74) is 5.11. The van der Waals surface area contributed by atoms with Crippen LogP contribution in [0.2, 0.25) is 0 Å². The van der Waals surface area contributed by atoms with Gasteiger partial charge in [-0.25, -0.2) is 0 Å². The molecule has 0 saturated heterocycles. The summed E-state index contributed by atoms with van der Waals surface area (Å²) >= 11 is 3.57. The van der Waals surface area contributed by atoms with E-state index in [0.29, 0.717) is 13.2 Å². The Morgan fingerprint density at radius 1 is 0.897 bits per heavy atom. The van der Waals surface area contributed by atoms with Crippen LogP contribution in [0.5, 0.6) is 5.75 Å². The lowest BCUT2D eigenvalue weighted by atomic mass is 9.76. The van der Waals surface area contributed by atoms with Crippen molar-refractivity contribution >= 4 is 22.0 Å². The molecule has 3 aromatic carbocycles. The molecule has 0 N–H and O–H groups in total. The van der Waals surface area contributed by atoms with Gasteiger partial charge in [-0.15, -0.1) is 0 Å². The number of hydrogen-bond donors (Lipinski definition) is 0. The predicted molar refractivity (Wildman–Crippen MR) is 122 cm³/mol. The smallest absolute Gasteiger partial charge is 0.181 e. The van der Waals surface area contributed by atoms with Gasteiger partial charge in [0.15, 0.2) is 5.60 Å². The lowest BCUT2D eigenvalue weighted by molar-refractivity contribution is 0.118. The first-order valence-corrected chi connectivity index (χ1v) is 10.8. The molecule has 0 aromatic heterocycles. The highest BCUT2D eigenvalue weighted by molar-refractivity contribution is 9.10. The normalized spacial score (nSPS) is 18.0. The first kappa shape index (κ1) is 19.9. The van der Waals surface area contributed by atoms with E-state index in [1.54, 1.807) is 0 Å². The van der Waals surface area contributed by atoms with Crippen molar-refractivity contribution in [3.63, 3.8) is 0 Å². The van der Waals surface area contributed by atoms with Crippen LogP contribution in [0.25, 0.3) is 6.08 Å². The van der Waals surface area contributed by atoms with Crippen molar-refractivity contribution in [3.05, 3.63) is 105 Å². The molecule has 1 aliphatic heterocycles. The van der Waals surface area contributed by atoms with E-state index in [0.717, 1.165) is 33.3 Å². The molecule has 0 saturated carbocycles. The van der Waals surface area contributed by atoms with Crippen molar-refractivity contribution in [2.24, 2.45) is 0 Å². The number of rotatable bonds is 6. The van der Waals surface area contributed by atoms with Gasteiger partial charge in [0.2, 0.25) is 0 Å². The summed E-state index contributed by atoms with van der Waals surface area (Å²) in [7, 11) is 0. The number of hydrogen-bond acceptors (Lipinski definition) is 2. The molecule has 0 bridgehead atoms. The van der Waals surface area contributed by atoms with Gasteiger partial charge in [-0.2, -0.15) is 0 Å². The quantitative estimate of drug-likeness (QED) is 0.381. The van der Waals surface area contributed by atoms with Gasteiger partial charge in [-0.1, -0.05) is 76.1 Å². The third kappa shape index (κ3) is 3.90. The molecule has 1 atom stereocenters. The lowest BCUT2D eigenvalue weighted by Crippen LogP contribution is -2.39. The minimum Gasteiger partial charge on any atom is -0.473 e. The molecule has 0 radical (unpaired) electrons. The lowest BCUT2D eigenvalue weighted by Gasteiger charge is -2.41. The van der Waals surface area contributed by atoms with Gasteiger partial charge in [0, 0.05) is 27.8 Å². The van der Waals surface area contributed by atoms with Crippen LogP contribution >= 0.6 is 15.9 Å². The highest BCUT2D eigenvalue weighted by Crippen LogP contribution is 2.47. The Bertz CT molecular complexity index is 958. The Morgan fingerprint density at radius 3 is 2.24 bits per heavy atom. The molecule has 2 nitrogen and oxygen atoms in total. The number of aryl methyl sites for hydroxylation is 1. The van der Waals surface area contributed by atoms with Crippen molar-refractivity contribution in [2.45, 2.75) is 25.9 Å². The number of para-hydroxylation sites is 1. The molecule has 148 valence electrons. The molecular formula is C26H25BrO2. The van der Waals surface area contributed by atoms with Gasteiger partial charge < -0.3 is 9.47 Å². The summed E-state index contributed by atoms with van der Waals surface area (Å²) in [6.07, 6.45) is 3.08. The van der Waals surface area contributed by atoms with E-state index in [1.165, 1.54) is 11.1 Å². The molecule has 3 heteroatoms. The summed E-state index contributed by atoms with van der Waals surface area (Å²) < 4.78 is 13.7. The Kier molecular flexibility index (Phi) is 5.89. The summed E-state index contributed by atoms with van der Waals surface area (Å²) in [6.45, 7) is 5.51. The molecule has 29 heavy (non-hydrogen) atoms. The standard InChI is InChI=1S/C26H25BrO2/c1-3-28-17-16-23-18-20-6-4-5-7-25(20)29-26(23,21-10-8-19(2)9-11-21)22-12-14-24(27)15-13-22/h4-15,18H,3,16-17H2,1-2H3. The molecule has 1 heterocycles. The highest BCUT2D eigenvalue weighted by atomic mass is 79.9. The molecule has 1 unspecified atom stereocenters. The zero-order chi connectivity index (χ0) is 20.3. The first-order valence-electron chi connectivity index (χ1n) is 10.0. The Labute approximate surface area is 181 Å². The van der Waals surface area contributed by atoms with Crippen molar-refractivity contribution in [1.82, 2.24) is 0 Å². The topological polar surface area (TPSA) is 18.5 Å². The Morgan fingerprint density at radius 2 is 1.55 bits per heavy atom. The van der Waals surface area contributed by atoms with E-state index in [9.17, 15) is 0 Å². The van der Waals surface area contributed by atoms with Crippen molar-refractivity contribution < 1.29 is 9.47 Å². The van der Waals surface area contributed by atoms with Crippen LogP contribution in [-0.2, 0) is 10.3 Å². The van der Waals surface area contributed by atoms with Gasteiger partial charge in [0.25, 0.3) is 0 Å². The molecule has 3 aromatic rings. The summed E-state index contributed by atoms with van der Waals surface area (Å²) in [4.78, 5) is 0. The Hall–Kier alpha value is -2.36. The van der Waals surface area contributed by atoms with E-state index >= 15 is 0 Å². The summed E-state index contributed by atoms with van der Waals surface area (Å²) in [6, 6.07) is 25.4. The second kappa shape index (κ2) is 8.56. The summed E-state index contributed by atoms with van der Waals surface area (Å²) in [5.74, 6) is 0.899. The van der Waals surface area contributed by atoms with Crippen LogP contribution in [0.1, 0.15) is 35.6 Å². The average Bonchev–Trinajstić information content (AvgIpc) is 2.74. The maximum Gasteiger partial charge on any atom is 0.181 e. The van der Waals surface area contributed by atoms with Crippen LogP contribution in [0.4, 0.5) is 0 Å². The molecule has 0 aliphatic carbocycles. The van der Waals surface area contributed by atoms with Crippen LogP contribution in [-0.4, -0.2) is 13.2 Å². The maximum absolute atomic E-state index is 6.88. The largest absolute Gasteiger partial charge is 0.473 e. The number of fused-ring (bicyclic) bond motifs is 1. The second-order valence-corrected chi connectivity index (χ2v) is 8.23. The van der Waals surface area contributed by atoms with E-state index in [4.69, 9.17) is 9.47 Å². The second-order valence-electron chi connectivity index (χ2n) is 7.31. The minimum absolute atomic E-state index is 0.665. The molecule has 1 aliphatic rings. The highest BCUT2D eigenvalue weighted by Gasteiger charge is 2.43. The van der Waals surface area contributed by atoms with Crippen molar-refractivity contribution in [2.75, 3.05) is 13.2 Å². The van der Waals surface area contributed by atoms with Gasteiger partial charge in [0.1, 0.15) is 5.75 Å². The van der Waals surface area contributed by atoms with Crippen molar-refractivity contribution in [1.29, 1.82) is 0 Å². The number of halogens is 1. The third-order valence-corrected chi connectivity index (χ3v) is 5.92. The molecule has 0 fully saturated rings. The van der Waals surface area contributed by atoms with Crippen LogP contribution in [0.15, 0.2) is 82.8 Å². The van der Waals surface area contributed by atoms with Crippen LogP contribution < -0.4 is 4.74 Å². The minimum atomic E-state index is -0.681. The monoisotopic (exact) mass is 448 g/mol. The van der Waals surface area contributed by atoms with E-state index in [1.807, 2.05) is 19.1 Å². The zero-order valence-corrected chi connectivity index (χ0v) is 18.4. The van der Waals surface area contributed by atoms with E-state index in [-0.39, 0.29) is 0 Å². The van der Waals surface area contributed by atoms with Gasteiger partial charge in [0.05, 0.1) is 6.61 Å². The molecule has 4 rings (SSSR count). The number of benzene rings is 3. The zero-order valence-electron chi connectivity index (χ0n) is 16.8. The molecular weight excluding hydrogens is 424 g/mol.